The van der Waals surface area contributed by atoms with Crippen molar-refractivity contribution in [2.45, 2.75) is 38.8 Å². The molecule has 2 atom stereocenters. The number of rotatable bonds is 4. The second-order valence-electron chi connectivity index (χ2n) is 6.37. The van der Waals surface area contributed by atoms with Crippen LogP contribution in [0.3, 0.4) is 0 Å². The minimum absolute atomic E-state index is 0.0781. The lowest BCUT2D eigenvalue weighted by Crippen LogP contribution is -2.51. The first-order valence-corrected chi connectivity index (χ1v) is 8.64. The molecular weight excluding hydrogens is 344 g/mol. The van der Waals surface area contributed by atoms with E-state index in [-0.39, 0.29) is 17.9 Å². The first-order chi connectivity index (χ1) is 13.0. The average Bonchev–Trinajstić information content (AvgIpc) is 3.31. The number of alkyl carbamates (subject to hydrolysis) is 1. The first kappa shape index (κ1) is 19.9. The van der Waals surface area contributed by atoms with E-state index >= 15 is 0 Å². The van der Waals surface area contributed by atoms with Crippen LogP contribution in [-0.2, 0) is 9.53 Å². The summed E-state index contributed by atoms with van der Waals surface area (Å²) in [6.45, 7) is 4.35. The van der Waals surface area contributed by atoms with Crippen LogP contribution in [0.15, 0.2) is 6.20 Å². The zero-order valence-electron chi connectivity index (χ0n) is 15.6. The molecule has 0 unspecified atom stereocenters. The molecule has 2 heterocycles. The second-order valence-corrected chi connectivity index (χ2v) is 6.37. The van der Waals surface area contributed by atoms with E-state index in [2.05, 4.69) is 49.6 Å². The summed E-state index contributed by atoms with van der Waals surface area (Å²) in [5.41, 5.74) is 0.601. The molecule has 2 amide bonds. The predicted octanol–water partition coefficient (Wildman–Crippen LogP) is 1.44. The molecule has 1 aliphatic rings. The maximum Gasteiger partial charge on any atom is 0.407 e. The summed E-state index contributed by atoms with van der Waals surface area (Å²) in [6.07, 6.45) is 7.66. The Morgan fingerprint density at radius 2 is 2.19 bits per heavy atom. The third-order valence-electron chi connectivity index (χ3n) is 4.23. The van der Waals surface area contributed by atoms with E-state index in [9.17, 15) is 9.59 Å². The SMILES string of the molecule is C#CC#CC#Cc1cnc([C@@H]2CCCN2C(=O)[C@@H](NC(=O)OC)C(C)C)[nH]1. The van der Waals surface area contributed by atoms with Gasteiger partial charge in [-0.1, -0.05) is 13.8 Å². The molecular formula is C20H22N4O3. The fourth-order valence-electron chi connectivity index (χ4n) is 2.93. The van der Waals surface area contributed by atoms with Crippen molar-refractivity contribution in [1.29, 1.82) is 0 Å². The van der Waals surface area contributed by atoms with Gasteiger partial charge in [0.15, 0.2) is 0 Å². The van der Waals surface area contributed by atoms with E-state index in [0.717, 1.165) is 12.8 Å². The average molecular weight is 366 g/mol. The second kappa shape index (κ2) is 9.36. The number of aromatic amines is 1. The van der Waals surface area contributed by atoms with Crippen LogP contribution in [0, 0.1) is 41.9 Å². The number of aromatic nitrogens is 2. The van der Waals surface area contributed by atoms with Gasteiger partial charge in [0, 0.05) is 6.54 Å². The lowest BCUT2D eigenvalue weighted by atomic mass is 10.0. The maximum absolute atomic E-state index is 13.0. The minimum Gasteiger partial charge on any atom is -0.453 e. The van der Waals surface area contributed by atoms with E-state index in [0.29, 0.717) is 18.1 Å². The Bertz CT molecular complexity index is 858. The Hall–Kier alpha value is -3.37. The summed E-state index contributed by atoms with van der Waals surface area (Å²) in [4.78, 5) is 33.8. The van der Waals surface area contributed by atoms with Crippen molar-refractivity contribution < 1.29 is 14.3 Å². The third kappa shape index (κ3) is 5.06. The Morgan fingerprint density at radius 3 is 2.85 bits per heavy atom. The molecule has 1 aliphatic heterocycles. The largest absolute Gasteiger partial charge is 0.453 e. The summed E-state index contributed by atoms with van der Waals surface area (Å²) in [7, 11) is 1.27. The third-order valence-corrected chi connectivity index (χ3v) is 4.23. The van der Waals surface area contributed by atoms with E-state index < -0.39 is 12.1 Å². The number of nitrogens with one attached hydrogen (secondary N) is 2. The van der Waals surface area contributed by atoms with Crippen molar-refractivity contribution in [3.63, 3.8) is 0 Å². The summed E-state index contributed by atoms with van der Waals surface area (Å²) >= 11 is 0. The van der Waals surface area contributed by atoms with E-state index in [1.807, 2.05) is 13.8 Å². The predicted molar refractivity (Wildman–Crippen MR) is 99.9 cm³/mol. The van der Waals surface area contributed by atoms with Gasteiger partial charge in [-0.3, -0.25) is 4.79 Å². The van der Waals surface area contributed by atoms with E-state index in [1.54, 1.807) is 11.1 Å². The van der Waals surface area contributed by atoms with Gasteiger partial charge in [0.25, 0.3) is 0 Å². The van der Waals surface area contributed by atoms with Crippen LogP contribution in [0.4, 0.5) is 4.79 Å². The smallest absolute Gasteiger partial charge is 0.407 e. The number of H-pyrrole nitrogens is 1. The summed E-state index contributed by atoms with van der Waals surface area (Å²) in [5.74, 6) is 13.0. The monoisotopic (exact) mass is 366 g/mol. The van der Waals surface area contributed by atoms with Crippen LogP contribution in [0.2, 0.25) is 0 Å². The van der Waals surface area contributed by atoms with Gasteiger partial charge in [0.05, 0.1) is 19.3 Å². The number of amides is 2. The molecule has 0 radical (unpaired) electrons. The number of carbonyl (C=O) groups excluding carboxylic acids is 2. The topological polar surface area (TPSA) is 87.3 Å². The molecule has 140 valence electrons. The van der Waals surface area contributed by atoms with E-state index in [4.69, 9.17) is 6.42 Å². The maximum atomic E-state index is 13.0. The van der Waals surface area contributed by atoms with Gasteiger partial charge < -0.3 is 19.9 Å². The van der Waals surface area contributed by atoms with Crippen molar-refractivity contribution >= 4 is 12.0 Å². The van der Waals surface area contributed by atoms with Crippen LogP contribution < -0.4 is 5.32 Å². The van der Waals surface area contributed by atoms with Gasteiger partial charge >= 0.3 is 6.09 Å². The van der Waals surface area contributed by atoms with Crippen LogP contribution in [0.25, 0.3) is 0 Å². The fraction of sp³-hybridized carbons (Fsp3) is 0.450. The zero-order chi connectivity index (χ0) is 19.8. The highest BCUT2D eigenvalue weighted by atomic mass is 16.5. The zero-order valence-corrected chi connectivity index (χ0v) is 15.6. The number of imidazole rings is 1. The minimum atomic E-state index is -0.661. The summed E-state index contributed by atoms with van der Waals surface area (Å²) in [5, 5.41) is 2.62. The molecule has 1 aromatic rings. The molecule has 0 saturated carbocycles. The fourth-order valence-corrected chi connectivity index (χ4v) is 2.93. The van der Waals surface area contributed by atoms with Crippen molar-refractivity contribution in [2.75, 3.05) is 13.7 Å². The highest BCUT2D eigenvalue weighted by molar-refractivity contribution is 5.86. The number of methoxy groups -OCH3 is 1. The quantitative estimate of drug-likeness (QED) is 0.790. The van der Waals surface area contributed by atoms with Crippen molar-refractivity contribution in [1.82, 2.24) is 20.2 Å². The standard InChI is InChI=1S/C20H22N4O3/c1-5-6-7-8-10-15-13-21-18(22-15)16-11-9-12-24(16)19(25)17(14(2)3)23-20(26)27-4/h1,13-14,16-17H,9,11-12H2,2-4H3,(H,21,22)(H,23,26)/t16-,17-/m0/s1. The Kier molecular flexibility index (Phi) is 6.92. The van der Waals surface area contributed by atoms with Crippen molar-refractivity contribution in [2.24, 2.45) is 5.92 Å². The van der Waals surface area contributed by atoms with Gasteiger partial charge in [-0.2, -0.15) is 0 Å². The molecule has 1 aromatic heterocycles. The number of hydrogen-bond donors (Lipinski definition) is 2. The molecule has 0 aliphatic carbocycles. The molecule has 7 heteroatoms. The molecule has 0 bridgehead atoms. The number of nitrogens with zero attached hydrogens (tertiary/aromatic N) is 2. The molecule has 2 rings (SSSR count). The van der Waals surface area contributed by atoms with Crippen LogP contribution in [0.5, 0.6) is 0 Å². The van der Waals surface area contributed by atoms with Gasteiger partial charge in [-0.05, 0) is 48.4 Å². The van der Waals surface area contributed by atoms with Crippen LogP contribution >= 0.6 is 0 Å². The number of carbonyl (C=O) groups is 2. The highest BCUT2D eigenvalue weighted by Crippen LogP contribution is 2.31. The molecule has 0 aromatic carbocycles. The van der Waals surface area contributed by atoms with Gasteiger partial charge in [0.1, 0.15) is 17.6 Å². The normalized spacial score (nSPS) is 16.4. The highest BCUT2D eigenvalue weighted by Gasteiger charge is 2.37. The molecule has 27 heavy (non-hydrogen) atoms. The van der Waals surface area contributed by atoms with E-state index in [1.165, 1.54) is 7.11 Å². The Balaban J connectivity index is 2.17. The molecule has 0 spiro atoms. The number of likely N-dealkylation sites (tertiary alicyclic amines) is 1. The van der Waals surface area contributed by atoms with Crippen molar-refractivity contribution in [3.8, 4) is 36.0 Å². The molecule has 1 saturated heterocycles. The Morgan fingerprint density at radius 1 is 1.41 bits per heavy atom. The lowest BCUT2D eigenvalue weighted by molar-refractivity contribution is -0.135. The lowest BCUT2D eigenvalue weighted by Gasteiger charge is -2.29. The number of terminal acetylenes is 1. The van der Waals surface area contributed by atoms with Gasteiger partial charge in [0.2, 0.25) is 5.91 Å². The van der Waals surface area contributed by atoms with Gasteiger partial charge in [-0.25, -0.2) is 9.78 Å². The van der Waals surface area contributed by atoms with Crippen LogP contribution in [0.1, 0.15) is 44.2 Å². The molecule has 2 N–H and O–H groups in total. The molecule has 7 nitrogen and oxygen atoms in total. The van der Waals surface area contributed by atoms with Crippen LogP contribution in [-0.4, -0.2) is 46.6 Å². The molecule has 1 fully saturated rings. The number of hydrogen-bond acceptors (Lipinski definition) is 4. The Labute approximate surface area is 159 Å². The number of ether oxygens (including phenoxy) is 1. The van der Waals surface area contributed by atoms with Crippen molar-refractivity contribution in [3.05, 3.63) is 17.7 Å². The summed E-state index contributed by atoms with van der Waals surface area (Å²) < 4.78 is 4.64. The first-order valence-electron chi connectivity index (χ1n) is 8.64. The summed E-state index contributed by atoms with van der Waals surface area (Å²) in [6, 6.07) is -0.850. The van der Waals surface area contributed by atoms with Gasteiger partial charge in [-0.15, -0.1) is 6.42 Å².